The third-order valence-corrected chi connectivity index (χ3v) is 5.70. The fraction of sp³-hybridized carbons (Fsp3) is 0.480. The predicted octanol–water partition coefficient (Wildman–Crippen LogP) is 4.08. The molecule has 31 heavy (non-hydrogen) atoms. The van der Waals surface area contributed by atoms with Gasteiger partial charge in [-0.15, -0.1) is 0 Å². The molecule has 2 aliphatic rings. The lowest BCUT2D eigenvalue weighted by molar-refractivity contribution is 0.0368. The van der Waals surface area contributed by atoms with E-state index in [4.69, 9.17) is 19.9 Å². The maximum Gasteiger partial charge on any atom is 0.408 e. The first-order valence-corrected chi connectivity index (χ1v) is 10.7. The van der Waals surface area contributed by atoms with Crippen LogP contribution in [0.15, 0.2) is 48.5 Å². The van der Waals surface area contributed by atoms with Crippen LogP contribution < -0.4 is 11.1 Å². The fourth-order valence-corrected chi connectivity index (χ4v) is 4.20. The van der Waals surface area contributed by atoms with E-state index in [2.05, 4.69) is 23.5 Å². The number of nitrogens with one attached hydrogen (secondary N) is 1. The summed E-state index contributed by atoms with van der Waals surface area (Å²) in [5.74, 6) is 0. The lowest BCUT2D eigenvalue weighted by atomic mass is 10.1. The zero-order valence-electron chi connectivity index (χ0n) is 19.1. The first kappa shape index (κ1) is 23.3. The average Bonchev–Trinajstić information content (AvgIpc) is 3.25. The van der Waals surface area contributed by atoms with Crippen molar-refractivity contribution in [3.63, 3.8) is 0 Å². The summed E-state index contributed by atoms with van der Waals surface area (Å²) < 4.78 is 16.0. The second kappa shape index (κ2) is 9.81. The van der Waals surface area contributed by atoms with Crippen LogP contribution in [0.2, 0.25) is 0 Å². The summed E-state index contributed by atoms with van der Waals surface area (Å²) in [5.41, 5.74) is 10.4. The van der Waals surface area contributed by atoms with Gasteiger partial charge in [0.05, 0.1) is 24.3 Å². The van der Waals surface area contributed by atoms with Crippen molar-refractivity contribution in [2.45, 2.75) is 63.5 Å². The van der Waals surface area contributed by atoms with Crippen LogP contribution in [0.3, 0.4) is 0 Å². The Morgan fingerprint density at radius 3 is 1.97 bits per heavy atom. The Morgan fingerprint density at radius 2 is 1.42 bits per heavy atom. The molecule has 6 nitrogen and oxygen atoms in total. The number of methoxy groups -OCH3 is 2. The number of rotatable bonds is 3. The number of hydrogen-bond acceptors (Lipinski definition) is 5. The standard InChI is InChI=1S/C15H21NO3.C10H13NO/c1-15(2,3)19-14(17)16-13-11-8-6-5-7-10(11)9-12(13)18-4;1-12-9-6-7-4-2-3-5-8(7)10(9)11/h5-8,12-13H,9H2,1-4H3,(H,16,17);2-5,9-10H,6,11H2,1H3/t12-,13+;9-,10+/m00/s1. The number of nitrogens with two attached hydrogens (primary N) is 1. The SMILES string of the molecule is CO[C@H]1Cc2ccccc2[C@H]1N.CO[C@H]1Cc2ccccc2[C@H]1NC(=O)OC(C)(C)C. The summed E-state index contributed by atoms with van der Waals surface area (Å²) in [6.45, 7) is 5.55. The minimum absolute atomic E-state index is 0.0371. The van der Waals surface area contributed by atoms with Gasteiger partial charge >= 0.3 is 6.09 Å². The molecule has 6 heteroatoms. The van der Waals surface area contributed by atoms with Gasteiger partial charge in [0, 0.05) is 27.1 Å². The van der Waals surface area contributed by atoms with Crippen molar-refractivity contribution < 1.29 is 19.0 Å². The van der Waals surface area contributed by atoms with Gasteiger partial charge in [-0.1, -0.05) is 48.5 Å². The normalized spacial score (nSPS) is 23.9. The number of fused-ring (bicyclic) bond motifs is 2. The topological polar surface area (TPSA) is 82.8 Å². The van der Waals surface area contributed by atoms with Crippen LogP contribution in [0.5, 0.6) is 0 Å². The van der Waals surface area contributed by atoms with Crippen LogP contribution >= 0.6 is 0 Å². The molecule has 0 fully saturated rings. The van der Waals surface area contributed by atoms with Gasteiger partial charge in [0.2, 0.25) is 0 Å². The first-order chi connectivity index (χ1) is 14.7. The Kier molecular flexibility index (Phi) is 7.36. The molecule has 0 radical (unpaired) electrons. The van der Waals surface area contributed by atoms with Gasteiger partial charge in [0.1, 0.15) is 5.60 Å². The molecule has 0 aromatic heterocycles. The Morgan fingerprint density at radius 1 is 0.903 bits per heavy atom. The van der Waals surface area contributed by atoms with Gasteiger partial charge in [-0.25, -0.2) is 4.79 Å². The van der Waals surface area contributed by atoms with Crippen LogP contribution in [0.25, 0.3) is 0 Å². The number of carbonyl (C=O) groups excluding carboxylic acids is 1. The molecule has 2 aromatic rings. The van der Waals surface area contributed by atoms with Crippen molar-refractivity contribution in [1.82, 2.24) is 5.32 Å². The molecule has 0 spiro atoms. The van der Waals surface area contributed by atoms with E-state index in [1.807, 2.05) is 51.1 Å². The van der Waals surface area contributed by atoms with E-state index < -0.39 is 11.7 Å². The smallest absolute Gasteiger partial charge is 0.408 e. The number of carbonyl (C=O) groups is 1. The molecule has 0 aliphatic heterocycles. The number of hydrogen-bond donors (Lipinski definition) is 2. The van der Waals surface area contributed by atoms with E-state index in [1.165, 1.54) is 16.7 Å². The molecule has 0 saturated heterocycles. The molecule has 0 unspecified atom stereocenters. The molecule has 3 N–H and O–H groups in total. The van der Waals surface area contributed by atoms with E-state index in [9.17, 15) is 4.79 Å². The zero-order valence-corrected chi connectivity index (χ0v) is 19.1. The van der Waals surface area contributed by atoms with Crippen LogP contribution in [0.4, 0.5) is 4.79 Å². The van der Waals surface area contributed by atoms with Crippen LogP contribution in [0.1, 0.15) is 55.1 Å². The summed E-state index contributed by atoms with van der Waals surface area (Å²) in [6, 6.07) is 16.3. The lowest BCUT2D eigenvalue weighted by Gasteiger charge is -2.24. The number of ether oxygens (including phenoxy) is 3. The summed E-state index contributed by atoms with van der Waals surface area (Å²) >= 11 is 0. The quantitative estimate of drug-likeness (QED) is 0.773. The third kappa shape index (κ3) is 5.64. The molecule has 4 atom stereocenters. The van der Waals surface area contributed by atoms with Crippen molar-refractivity contribution in [3.8, 4) is 0 Å². The first-order valence-electron chi connectivity index (χ1n) is 10.7. The summed E-state index contributed by atoms with van der Waals surface area (Å²) in [7, 11) is 3.39. The Balaban J connectivity index is 0.000000194. The van der Waals surface area contributed by atoms with Gasteiger partial charge in [-0.05, 0) is 43.0 Å². The molecular weight excluding hydrogens is 392 g/mol. The van der Waals surface area contributed by atoms with Crippen LogP contribution in [0, 0.1) is 0 Å². The van der Waals surface area contributed by atoms with Gasteiger partial charge in [-0.3, -0.25) is 0 Å². The lowest BCUT2D eigenvalue weighted by Crippen LogP contribution is -2.38. The highest BCUT2D eigenvalue weighted by atomic mass is 16.6. The van der Waals surface area contributed by atoms with E-state index in [-0.39, 0.29) is 24.3 Å². The number of amides is 1. The van der Waals surface area contributed by atoms with Gasteiger partial charge < -0.3 is 25.3 Å². The summed E-state index contributed by atoms with van der Waals surface area (Å²) in [6.07, 6.45) is 1.49. The number of alkyl carbamates (subject to hydrolysis) is 1. The third-order valence-electron chi connectivity index (χ3n) is 5.70. The highest BCUT2D eigenvalue weighted by Gasteiger charge is 2.34. The molecule has 2 aliphatic carbocycles. The van der Waals surface area contributed by atoms with Gasteiger partial charge in [0.15, 0.2) is 0 Å². The highest BCUT2D eigenvalue weighted by molar-refractivity contribution is 5.69. The maximum absolute atomic E-state index is 11.9. The monoisotopic (exact) mass is 426 g/mol. The van der Waals surface area contributed by atoms with E-state index >= 15 is 0 Å². The van der Waals surface area contributed by atoms with Crippen molar-refractivity contribution in [1.29, 1.82) is 0 Å². The molecule has 2 aromatic carbocycles. The predicted molar refractivity (Wildman–Crippen MR) is 121 cm³/mol. The van der Waals surface area contributed by atoms with Crippen molar-refractivity contribution in [3.05, 3.63) is 70.8 Å². The molecule has 4 rings (SSSR count). The van der Waals surface area contributed by atoms with Crippen LogP contribution in [-0.2, 0) is 27.1 Å². The van der Waals surface area contributed by atoms with Crippen LogP contribution in [-0.4, -0.2) is 38.1 Å². The average molecular weight is 427 g/mol. The van der Waals surface area contributed by atoms with E-state index in [0.29, 0.717) is 0 Å². The Hall–Kier alpha value is -2.41. The Bertz CT molecular complexity index is 893. The maximum atomic E-state index is 11.9. The molecule has 0 saturated carbocycles. The minimum atomic E-state index is -0.495. The number of benzene rings is 2. The van der Waals surface area contributed by atoms with Gasteiger partial charge in [0.25, 0.3) is 0 Å². The molecule has 168 valence electrons. The minimum Gasteiger partial charge on any atom is -0.444 e. The zero-order chi connectivity index (χ0) is 22.6. The van der Waals surface area contributed by atoms with E-state index in [1.54, 1.807) is 14.2 Å². The molecule has 0 heterocycles. The Labute approximate surface area is 185 Å². The van der Waals surface area contributed by atoms with Crippen molar-refractivity contribution in [2.24, 2.45) is 5.73 Å². The van der Waals surface area contributed by atoms with Crippen molar-refractivity contribution >= 4 is 6.09 Å². The molecule has 0 bridgehead atoms. The second-order valence-electron chi connectivity index (χ2n) is 9.00. The second-order valence-corrected chi connectivity index (χ2v) is 9.00. The highest BCUT2D eigenvalue weighted by Crippen LogP contribution is 2.33. The molecule has 1 amide bonds. The summed E-state index contributed by atoms with van der Waals surface area (Å²) in [4.78, 5) is 11.9. The fourth-order valence-electron chi connectivity index (χ4n) is 4.20. The summed E-state index contributed by atoms with van der Waals surface area (Å²) in [5, 5.41) is 2.91. The van der Waals surface area contributed by atoms with Gasteiger partial charge in [-0.2, -0.15) is 0 Å². The van der Waals surface area contributed by atoms with Crippen molar-refractivity contribution in [2.75, 3.05) is 14.2 Å². The molecular formula is C25H34N2O4. The van der Waals surface area contributed by atoms with E-state index in [0.717, 1.165) is 18.4 Å². The largest absolute Gasteiger partial charge is 0.444 e.